The Morgan fingerprint density at radius 2 is 1.80 bits per heavy atom. The monoisotopic (exact) mass is 283 g/mol. The van der Waals surface area contributed by atoms with Gasteiger partial charge in [0, 0.05) is 5.02 Å². The van der Waals surface area contributed by atoms with Crippen LogP contribution in [0, 0.1) is 6.92 Å². The molecule has 0 fully saturated rings. The van der Waals surface area contributed by atoms with Crippen LogP contribution in [-0.4, -0.2) is 14.8 Å². The van der Waals surface area contributed by atoms with Gasteiger partial charge < -0.3 is 0 Å². The van der Waals surface area contributed by atoms with Gasteiger partial charge in [0.15, 0.2) is 0 Å². The van der Waals surface area contributed by atoms with Crippen molar-refractivity contribution in [3.63, 3.8) is 0 Å². The van der Waals surface area contributed by atoms with Gasteiger partial charge in [-0.3, -0.25) is 4.57 Å². The molecule has 0 atom stereocenters. The summed E-state index contributed by atoms with van der Waals surface area (Å²) in [4.78, 5) is 0. The van der Waals surface area contributed by atoms with Gasteiger partial charge in [0.2, 0.25) is 0 Å². The molecule has 0 saturated carbocycles. The predicted octanol–water partition coefficient (Wildman–Crippen LogP) is 3.82. The second-order valence-electron chi connectivity index (χ2n) is 4.68. The highest BCUT2D eigenvalue weighted by atomic mass is 35.5. The van der Waals surface area contributed by atoms with Crippen LogP contribution in [0.15, 0.2) is 54.9 Å². The third kappa shape index (κ3) is 2.58. The minimum absolute atomic E-state index is 0.761. The molecule has 1 heterocycles. The van der Waals surface area contributed by atoms with Crippen LogP contribution in [0.5, 0.6) is 0 Å². The molecular formula is C16H14ClN3. The number of para-hydroxylation sites is 1. The molecule has 0 aliphatic carbocycles. The molecule has 0 aliphatic rings. The topological polar surface area (TPSA) is 30.7 Å². The minimum Gasteiger partial charge on any atom is -0.286 e. The Morgan fingerprint density at radius 3 is 2.50 bits per heavy atom. The van der Waals surface area contributed by atoms with Crippen molar-refractivity contribution in [1.29, 1.82) is 0 Å². The van der Waals surface area contributed by atoms with Gasteiger partial charge in [-0.15, -0.1) is 10.2 Å². The van der Waals surface area contributed by atoms with Gasteiger partial charge in [-0.25, -0.2) is 0 Å². The number of rotatable bonds is 3. The van der Waals surface area contributed by atoms with Crippen LogP contribution in [-0.2, 0) is 6.42 Å². The van der Waals surface area contributed by atoms with Crippen molar-refractivity contribution in [2.75, 3.05) is 0 Å². The van der Waals surface area contributed by atoms with Gasteiger partial charge in [-0.1, -0.05) is 41.9 Å². The van der Waals surface area contributed by atoms with E-state index >= 15 is 0 Å². The standard InChI is InChI=1S/C16H14ClN3/c1-12-19-18-11-20(12)16-5-3-2-4-14(16)10-13-6-8-15(17)9-7-13/h2-9,11H,10H2,1H3. The molecular weight excluding hydrogens is 270 g/mol. The first-order chi connectivity index (χ1) is 9.74. The summed E-state index contributed by atoms with van der Waals surface area (Å²) < 4.78 is 2.01. The smallest absolute Gasteiger partial charge is 0.134 e. The maximum atomic E-state index is 5.93. The predicted molar refractivity (Wildman–Crippen MR) is 80.4 cm³/mol. The number of aromatic nitrogens is 3. The zero-order valence-corrected chi connectivity index (χ0v) is 11.9. The Morgan fingerprint density at radius 1 is 1.05 bits per heavy atom. The molecule has 0 saturated heterocycles. The van der Waals surface area contributed by atoms with Gasteiger partial charge in [-0.05, 0) is 42.7 Å². The summed E-state index contributed by atoms with van der Waals surface area (Å²) in [6, 6.07) is 16.2. The lowest BCUT2D eigenvalue weighted by Gasteiger charge is -2.11. The number of benzene rings is 2. The van der Waals surface area contributed by atoms with E-state index in [0.717, 1.165) is 23.0 Å². The summed E-state index contributed by atoms with van der Waals surface area (Å²) in [5.74, 6) is 0.883. The molecule has 0 amide bonds. The highest BCUT2D eigenvalue weighted by Crippen LogP contribution is 2.20. The fourth-order valence-electron chi connectivity index (χ4n) is 2.25. The number of hydrogen-bond acceptors (Lipinski definition) is 2. The lowest BCUT2D eigenvalue weighted by Crippen LogP contribution is -2.01. The lowest BCUT2D eigenvalue weighted by atomic mass is 10.0. The average Bonchev–Trinajstić information content (AvgIpc) is 2.88. The molecule has 2 aromatic carbocycles. The van der Waals surface area contributed by atoms with E-state index in [0.29, 0.717) is 0 Å². The fraction of sp³-hybridized carbons (Fsp3) is 0.125. The van der Waals surface area contributed by atoms with Crippen molar-refractivity contribution in [3.05, 3.63) is 76.8 Å². The van der Waals surface area contributed by atoms with Gasteiger partial charge in [0.25, 0.3) is 0 Å². The first-order valence-electron chi connectivity index (χ1n) is 6.43. The van der Waals surface area contributed by atoms with Crippen molar-refractivity contribution in [3.8, 4) is 5.69 Å². The Labute approximate surface area is 122 Å². The Kier molecular flexibility index (Phi) is 3.52. The normalized spacial score (nSPS) is 10.7. The van der Waals surface area contributed by atoms with E-state index < -0.39 is 0 Å². The number of aryl methyl sites for hydroxylation is 1. The zero-order chi connectivity index (χ0) is 13.9. The molecule has 3 nitrogen and oxygen atoms in total. The number of nitrogens with zero attached hydrogens (tertiary/aromatic N) is 3. The van der Waals surface area contributed by atoms with E-state index in [2.05, 4.69) is 40.5 Å². The van der Waals surface area contributed by atoms with Gasteiger partial charge in [0.05, 0.1) is 5.69 Å². The fourth-order valence-corrected chi connectivity index (χ4v) is 2.37. The van der Waals surface area contributed by atoms with E-state index in [-0.39, 0.29) is 0 Å². The minimum atomic E-state index is 0.761. The summed E-state index contributed by atoms with van der Waals surface area (Å²) in [7, 11) is 0. The zero-order valence-electron chi connectivity index (χ0n) is 11.1. The molecule has 4 heteroatoms. The summed E-state index contributed by atoms with van der Waals surface area (Å²) >= 11 is 5.93. The van der Waals surface area contributed by atoms with Crippen LogP contribution in [0.1, 0.15) is 17.0 Å². The maximum Gasteiger partial charge on any atom is 0.134 e. The molecule has 0 radical (unpaired) electrons. The first-order valence-corrected chi connectivity index (χ1v) is 6.81. The van der Waals surface area contributed by atoms with Crippen LogP contribution in [0.4, 0.5) is 0 Å². The molecule has 0 spiro atoms. The second-order valence-corrected chi connectivity index (χ2v) is 5.12. The summed E-state index contributed by atoms with van der Waals surface area (Å²) in [5, 5.41) is 8.76. The van der Waals surface area contributed by atoms with Crippen LogP contribution in [0.3, 0.4) is 0 Å². The Bertz CT molecular complexity index is 717. The van der Waals surface area contributed by atoms with Crippen molar-refractivity contribution in [1.82, 2.24) is 14.8 Å². The summed E-state index contributed by atoms with van der Waals surface area (Å²) in [5.41, 5.74) is 3.58. The highest BCUT2D eigenvalue weighted by molar-refractivity contribution is 6.30. The second kappa shape index (κ2) is 5.47. The van der Waals surface area contributed by atoms with Gasteiger partial charge >= 0.3 is 0 Å². The SMILES string of the molecule is Cc1nncn1-c1ccccc1Cc1ccc(Cl)cc1. The van der Waals surface area contributed by atoms with Gasteiger partial charge in [0.1, 0.15) is 12.2 Å². The van der Waals surface area contributed by atoms with Crippen LogP contribution in [0.25, 0.3) is 5.69 Å². The molecule has 0 unspecified atom stereocenters. The van der Waals surface area contributed by atoms with Crippen LogP contribution >= 0.6 is 11.6 Å². The summed E-state index contributed by atoms with van der Waals surface area (Å²) in [6.07, 6.45) is 2.60. The van der Waals surface area contributed by atoms with Gasteiger partial charge in [-0.2, -0.15) is 0 Å². The molecule has 100 valence electrons. The summed E-state index contributed by atoms with van der Waals surface area (Å²) in [6.45, 7) is 1.95. The maximum absolute atomic E-state index is 5.93. The highest BCUT2D eigenvalue weighted by Gasteiger charge is 2.07. The molecule has 0 N–H and O–H groups in total. The third-order valence-corrected chi connectivity index (χ3v) is 3.53. The Hall–Kier alpha value is -2.13. The molecule has 0 aliphatic heterocycles. The lowest BCUT2D eigenvalue weighted by molar-refractivity contribution is 0.950. The molecule has 3 rings (SSSR count). The molecule has 20 heavy (non-hydrogen) atoms. The van der Waals surface area contributed by atoms with E-state index in [1.807, 2.05) is 29.7 Å². The quantitative estimate of drug-likeness (QED) is 0.731. The van der Waals surface area contributed by atoms with E-state index in [9.17, 15) is 0 Å². The van der Waals surface area contributed by atoms with Crippen molar-refractivity contribution in [2.24, 2.45) is 0 Å². The van der Waals surface area contributed by atoms with E-state index in [4.69, 9.17) is 11.6 Å². The van der Waals surface area contributed by atoms with Crippen LogP contribution in [0.2, 0.25) is 5.02 Å². The first kappa shape index (κ1) is 12.9. The van der Waals surface area contributed by atoms with E-state index in [1.54, 1.807) is 6.33 Å². The van der Waals surface area contributed by atoms with Crippen molar-refractivity contribution in [2.45, 2.75) is 13.3 Å². The largest absolute Gasteiger partial charge is 0.286 e. The van der Waals surface area contributed by atoms with Crippen LogP contribution < -0.4 is 0 Å². The Balaban J connectivity index is 1.98. The van der Waals surface area contributed by atoms with Crippen molar-refractivity contribution >= 4 is 11.6 Å². The third-order valence-electron chi connectivity index (χ3n) is 3.28. The van der Waals surface area contributed by atoms with E-state index in [1.165, 1.54) is 11.1 Å². The molecule has 3 aromatic rings. The molecule has 1 aromatic heterocycles. The van der Waals surface area contributed by atoms with Crippen molar-refractivity contribution < 1.29 is 0 Å². The number of hydrogen-bond donors (Lipinski definition) is 0. The average molecular weight is 284 g/mol. The number of halogens is 1. The molecule has 0 bridgehead atoms.